The van der Waals surface area contributed by atoms with Gasteiger partial charge < -0.3 is 10.2 Å². The van der Waals surface area contributed by atoms with Crippen LogP contribution in [0.25, 0.3) is 0 Å². The van der Waals surface area contributed by atoms with Crippen molar-refractivity contribution >= 4 is 28.8 Å². The number of amides is 2. The fourth-order valence-electron chi connectivity index (χ4n) is 3.17. The summed E-state index contributed by atoms with van der Waals surface area (Å²) in [5.41, 5.74) is 0.656. The summed E-state index contributed by atoms with van der Waals surface area (Å²) in [7, 11) is 0. The minimum atomic E-state index is -0.538. The van der Waals surface area contributed by atoms with Crippen LogP contribution in [0.4, 0.5) is 5.69 Å². The van der Waals surface area contributed by atoms with Crippen molar-refractivity contribution in [3.8, 4) is 0 Å². The van der Waals surface area contributed by atoms with Crippen LogP contribution in [0.1, 0.15) is 30.6 Å². The lowest BCUT2D eigenvalue weighted by atomic mass is 9.97. The molecule has 1 atom stereocenters. The molecule has 24 heavy (non-hydrogen) atoms. The van der Waals surface area contributed by atoms with E-state index in [0.29, 0.717) is 12.2 Å². The summed E-state index contributed by atoms with van der Waals surface area (Å²) in [4.78, 5) is 28.0. The van der Waals surface area contributed by atoms with Crippen LogP contribution in [0.15, 0.2) is 47.8 Å². The maximum Gasteiger partial charge on any atom is 0.313 e. The van der Waals surface area contributed by atoms with E-state index in [1.165, 1.54) is 4.88 Å². The monoisotopic (exact) mass is 342 g/mol. The topological polar surface area (TPSA) is 49.4 Å². The second kappa shape index (κ2) is 8.11. The van der Waals surface area contributed by atoms with E-state index in [2.05, 4.69) is 22.8 Å². The number of piperidine rings is 1. The molecule has 5 heteroatoms. The predicted molar refractivity (Wildman–Crippen MR) is 97.1 cm³/mol. The van der Waals surface area contributed by atoms with Gasteiger partial charge >= 0.3 is 11.8 Å². The van der Waals surface area contributed by atoms with Crippen molar-refractivity contribution in [2.24, 2.45) is 0 Å². The van der Waals surface area contributed by atoms with Crippen molar-refractivity contribution in [2.75, 3.05) is 11.9 Å². The van der Waals surface area contributed by atoms with Crippen LogP contribution < -0.4 is 5.32 Å². The van der Waals surface area contributed by atoms with Crippen LogP contribution in [0.3, 0.4) is 0 Å². The molecule has 1 saturated heterocycles. The molecule has 2 aromatic rings. The number of nitrogens with one attached hydrogen (secondary N) is 1. The maximum atomic E-state index is 12.6. The lowest BCUT2D eigenvalue weighted by Gasteiger charge is -2.35. The molecule has 1 fully saturated rings. The first-order valence-electron chi connectivity index (χ1n) is 8.43. The largest absolute Gasteiger partial charge is 0.331 e. The average Bonchev–Trinajstić information content (AvgIpc) is 3.14. The minimum Gasteiger partial charge on any atom is -0.331 e. The van der Waals surface area contributed by atoms with Crippen molar-refractivity contribution < 1.29 is 9.59 Å². The fourth-order valence-corrected chi connectivity index (χ4v) is 3.89. The Hall–Kier alpha value is -2.14. The number of carbonyl (C=O) groups is 2. The smallest absolute Gasteiger partial charge is 0.313 e. The number of nitrogens with zero attached hydrogens (tertiary/aromatic N) is 1. The summed E-state index contributed by atoms with van der Waals surface area (Å²) in [5, 5.41) is 4.78. The Morgan fingerprint density at radius 2 is 1.96 bits per heavy atom. The van der Waals surface area contributed by atoms with E-state index in [1.807, 2.05) is 18.2 Å². The van der Waals surface area contributed by atoms with Crippen molar-refractivity contribution in [2.45, 2.75) is 38.1 Å². The average molecular weight is 342 g/mol. The van der Waals surface area contributed by atoms with E-state index in [0.717, 1.165) is 32.1 Å². The van der Waals surface area contributed by atoms with Gasteiger partial charge in [-0.2, -0.15) is 0 Å². The van der Waals surface area contributed by atoms with Gasteiger partial charge in [-0.15, -0.1) is 11.3 Å². The van der Waals surface area contributed by atoms with Crippen LogP contribution in [-0.2, 0) is 16.0 Å². The summed E-state index contributed by atoms with van der Waals surface area (Å²) in [6.07, 6.45) is 4.96. The molecule has 2 heterocycles. The Morgan fingerprint density at radius 1 is 1.12 bits per heavy atom. The quantitative estimate of drug-likeness (QED) is 0.861. The highest BCUT2D eigenvalue weighted by Gasteiger charge is 2.30. The van der Waals surface area contributed by atoms with Crippen LogP contribution in [0.5, 0.6) is 0 Å². The number of carbonyl (C=O) groups excluding carboxylic acids is 2. The lowest BCUT2D eigenvalue weighted by molar-refractivity contribution is -0.145. The van der Waals surface area contributed by atoms with Gasteiger partial charge in [-0.25, -0.2) is 0 Å². The molecule has 1 aromatic carbocycles. The second-order valence-corrected chi connectivity index (χ2v) is 7.12. The minimum absolute atomic E-state index is 0.162. The summed E-state index contributed by atoms with van der Waals surface area (Å²) in [6, 6.07) is 13.5. The number of para-hydroxylation sites is 1. The zero-order valence-electron chi connectivity index (χ0n) is 13.6. The van der Waals surface area contributed by atoms with Gasteiger partial charge in [0.05, 0.1) is 0 Å². The molecule has 0 aliphatic carbocycles. The summed E-state index contributed by atoms with van der Waals surface area (Å²) in [6.45, 7) is 0.677. The number of hydrogen-bond acceptors (Lipinski definition) is 3. The van der Waals surface area contributed by atoms with Gasteiger partial charge in [0.25, 0.3) is 0 Å². The lowest BCUT2D eigenvalue weighted by Crippen LogP contribution is -2.48. The first-order chi connectivity index (χ1) is 11.7. The Bertz CT molecular complexity index is 670. The number of likely N-dealkylation sites (tertiary alicyclic amines) is 1. The third-order valence-electron chi connectivity index (χ3n) is 4.42. The zero-order chi connectivity index (χ0) is 16.8. The molecule has 1 aliphatic rings. The van der Waals surface area contributed by atoms with E-state index >= 15 is 0 Å². The molecule has 126 valence electrons. The summed E-state index contributed by atoms with van der Waals surface area (Å²) in [5.74, 6) is -0.945. The molecule has 2 amide bonds. The molecule has 1 aliphatic heterocycles. The van der Waals surface area contributed by atoms with Gasteiger partial charge in [0.15, 0.2) is 0 Å². The van der Waals surface area contributed by atoms with Crippen molar-refractivity contribution in [1.29, 1.82) is 0 Å². The molecule has 0 saturated carbocycles. The predicted octanol–water partition coefficient (Wildman–Crippen LogP) is 3.70. The number of rotatable bonds is 4. The number of anilines is 1. The normalized spacial score (nSPS) is 17.5. The van der Waals surface area contributed by atoms with Crippen LogP contribution in [0.2, 0.25) is 0 Å². The summed E-state index contributed by atoms with van der Waals surface area (Å²) >= 11 is 1.75. The highest BCUT2D eigenvalue weighted by Crippen LogP contribution is 2.23. The highest BCUT2D eigenvalue weighted by atomic mass is 32.1. The molecule has 0 radical (unpaired) electrons. The van der Waals surface area contributed by atoms with Gasteiger partial charge in [-0.1, -0.05) is 24.3 Å². The zero-order valence-corrected chi connectivity index (χ0v) is 14.4. The Labute approximate surface area is 146 Å². The Kier molecular flexibility index (Phi) is 5.64. The molecular weight excluding hydrogens is 320 g/mol. The van der Waals surface area contributed by atoms with Gasteiger partial charge in [-0.3, -0.25) is 9.59 Å². The SMILES string of the molecule is O=C(Nc1ccccc1)C(=O)N1CCCCC1CCc1cccs1. The first kappa shape index (κ1) is 16.7. The standard InChI is InChI=1S/C19H22N2O2S/c22-18(20-15-7-2-1-3-8-15)19(23)21-13-5-4-9-16(21)11-12-17-10-6-14-24-17/h1-3,6-8,10,14,16H,4-5,9,11-13H2,(H,20,22). The molecule has 1 aromatic heterocycles. The fraction of sp³-hybridized carbons (Fsp3) is 0.368. The van der Waals surface area contributed by atoms with E-state index in [4.69, 9.17) is 0 Å². The van der Waals surface area contributed by atoms with Crippen LogP contribution >= 0.6 is 11.3 Å². The van der Waals surface area contributed by atoms with Gasteiger partial charge in [0.1, 0.15) is 0 Å². The third kappa shape index (κ3) is 4.23. The Morgan fingerprint density at radius 3 is 2.71 bits per heavy atom. The molecule has 1 N–H and O–H groups in total. The third-order valence-corrected chi connectivity index (χ3v) is 5.35. The van der Waals surface area contributed by atoms with E-state index in [-0.39, 0.29) is 6.04 Å². The second-order valence-electron chi connectivity index (χ2n) is 6.09. The van der Waals surface area contributed by atoms with E-state index in [9.17, 15) is 9.59 Å². The van der Waals surface area contributed by atoms with Crippen LogP contribution in [-0.4, -0.2) is 29.3 Å². The van der Waals surface area contributed by atoms with Crippen LogP contribution in [0, 0.1) is 0 Å². The Balaban J connectivity index is 1.61. The number of thiophene rings is 1. The first-order valence-corrected chi connectivity index (χ1v) is 9.31. The highest BCUT2D eigenvalue weighted by molar-refractivity contribution is 7.09. The molecule has 0 bridgehead atoms. The van der Waals surface area contributed by atoms with Gasteiger partial charge in [0.2, 0.25) is 0 Å². The molecular formula is C19H22N2O2S. The van der Waals surface area contributed by atoms with Crippen molar-refractivity contribution in [3.05, 3.63) is 52.7 Å². The molecule has 0 spiro atoms. The van der Waals surface area contributed by atoms with Gasteiger partial charge in [0, 0.05) is 23.2 Å². The maximum absolute atomic E-state index is 12.6. The van der Waals surface area contributed by atoms with Gasteiger partial charge in [-0.05, 0) is 55.7 Å². The number of hydrogen-bond donors (Lipinski definition) is 1. The number of aryl methyl sites for hydroxylation is 1. The molecule has 1 unspecified atom stereocenters. The van der Waals surface area contributed by atoms with E-state index in [1.54, 1.807) is 28.4 Å². The van der Waals surface area contributed by atoms with Crippen molar-refractivity contribution in [3.63, 3.8) is 0 Å². The molecule has 4 nitrogen and oxygen atoms in total. The molecule has 3 rings (SSSR count). The summed E-state index contributed by atoms with van der Waals surface area (Å²) < 4.78 is 0. The number of benzene rings is 1. The van der Waals surface area contributed by atoms with Crippen molar-refractivity contribution in [1.82, 2.24) is 4.90 Å². The van der Waals surface area contributed by atoms with E-state index < -0.39 is 11.8 Å².